The van der Waals surface area contributed by atoms with E-state index in [1.807, 2.05) is 30.5 Å². The summed E-state index contributed by atoms with van der Waals surface area (Å²) in [5, 5.41) is 3.48. The second kappa shape index (κ2) is 5.54. The van der Waals surface area contributed by atoms with Gasteiger partial charge in [0, 0.05) is 18.1 Å². The largest absolute Gasteiger partial charge is 0.497 e. The molecule has 0 saturated carbocycles. The topological polar surface area (TPSA) is 34.1 Å². The summed E-state index contributed by atoms with van der Waals surface area (Å²) in [5.41, 5.74) is 3.46. The van der Waals surface area contributed by atoms with Crippen LogP contribution >= 0.6 is 0 Å². The fourth-order valence-electron chi connectivity index (χ4n) is 1.87. The fourth-order valence-corrected chi connectivity index (χ4v) is 1.87. The summed E-state index contributed by atoms with van der Waals surface area (Å²) in [6.07, 6.45) is 3.67. The van der Waals surface area contributed by atoms with Crippen LogP contribution in [0.15, 0.2) is 42.7 Å². The molecule has 2 aromatic rings. The average molecular weight is 242 g/mol. The third-order valence-electron chi connectivity index (χ3n) is 2.99. The van der Waals surface area contributed by atoms with Crippen molar-refractivity contribution < 1.29 is 4.74 Å². The Morgan fingerprint density at radius 1 is 1.28 bits per heavy atom. The highest BCUT2D eigenvalue weighted by molar-refractivity contribution is 5.54. The predicted octanol–water partition coefficient (Wildman–Crippen LogP) is 3.57. The van der Waals surface area contributed by atoms with Crippen molar-refractivity contribution in [1.82, 2.24) is 4.98 Å². The normalized spacial score (nSPS) is 11.9. The van der Waals surface area contributed by atoms with E-state index in [9.17, 15) is 0 Å². The Morgan fingerprint density at radius 2 is 2.11 bits per heavy atom. The first-order chi connectivity index (χ1) is 8.70. The maximum Gasteiger partial charge on any atom is 0.119 e. The highest BCUT2D eigenvalue weighted by atomic mass is 16.5. The van der Waals surface area contributed by atoms with Crippen LogP contribution in [0.2, 0.25) is 0 Å². The van der Waals surface area contributed by atoms with Crippen molar-refractivity contribution in [3.63, 3.8) is 0 Å². The minimum Gasteiger partial charge on any atom is -0.497 e. The molecule has 1 heterocycles. The van der Waals surface area contributed by atoms with E-state index in [0.717, 1.165) is 11.4 Å². The minimum absolute atomic E-state index is 0.228. The van der Waals surface area contributed by atoms with Gasteiger partial charge >= 0.3 is 0 Å². The van der Waals surface area contributed by atoms with E-state index in [-0.39, 0.29) is 6.04 Å². The molecule has 0 amide bonds. The molecular formula is C15H18N2O. The summed E-state index contributed by atoms with van der Waals surface area (Å²) in [6, 6.07) is 10.3. The van der Waals surface area contributed by atoms with E-state index in [1.165, 1.54) is 11.1 Å². The van der Waals surface area contributed by atoms with Crippen molar-refractivity contribution in [3.05, 3.63) is 53.9 Å². The van der Waals surface area contributed by atoms with Crippen LogP contribution in [0.1, 0.15) is 24.1 Å². The Balaban J connectivity index is 2.14. The number of benzene rings is 1. The molecule has 1 aromatic heterocycles. The molecule has 0 aliphatic rings. The summed E-state index contributed by atoms with van der Waals surface area (Å²) in [6.45, 7) is 4.20. The van der Waals surface area contributed by atoms with E-state index in [4.69, 9.17) is 4.74 Å². The van der Waals surface area contributed by atoms with Crippen molar-refractivity contribution in [2.75, 3.05) is 12.4 Å². The van der Waals surface area contributed by atoms with Crippen LogP contribution in [-0.2, 0) is 0 Å². The number of methoxy groups -OCH3 is 1. The average Bonchev–Trinajstić information content (AvgIpc) is 2.42. The lowest BCUT2D eigenvalue weighted by atomic mass is 10.1. The lowest BCUT2D eigenvalue weighted by Crippen LogP contribution is -2.07. The van der Waals surface area contributed by atoms with Crippen LogP contribution in [0.25, 0.3) is 0 Å². The van der Waals surface area contributed by atoms with Crippen molar-refractivity contribution in [1.29, 1.82) is 0 Å². The van der Waals surface area contributed by atoms with Gasteiger partial charge in [-0.3, -0.25) is 4.98 Å². The second-order valence-corrected chi connectivity index (χ2v) is 4.33. The Labute approximate surface area is 108 Å². The zero-order valence-corrected chi connectivity index (χ0v) is 11.0. The molecule has 0 aliphatic heterocycles. The maximum atomic E-state index is 5.20. The first-order valence-electron chi connectivity index (χ1n) is 6.02. The Kier molecular flexibility index (Phi) is 3.82. The molecule has 94 valence electrons. The zero-order chi connectivity index (χ0) is 13.0. The summed E-state index contributed by atoms with van der Waals surface area (Å²) in [4.78, 5) is 4.14. The number of nitrogens with one attached hydrogen (secondary N) is 1. The van der Waals surface area contributed by atoms with Crippen molar-refractivity contribution in [2.45, 2.75) is 19.9 Å². The van der Waals surface area contributed by atoms with E-state index in [2.05, 4.69) is 30.2 Å². The molecule has 0 radical (unpaired) electrons. The molecule has 18 heavy (non-hydrogen) atoms. The summed E-state index contributed by atoms with van der Waals surface area (Å²) < 4.78 is 5.20. The fraction of sp³-hybridized carbons (Fsp3) is 0.267. The highest BCUT2D eigenvalue weighted by Crippen LogP contribution is 2.25. The van der Waals surface area contributed by atoms with Crippen molar-refractivity contribution in [3.8, 4) is 5.75 Å². The number of aromatic nitrogens is 1. The van der Waals surface area contributed by atoms with Gasteiger partial charge in [-0.25, -0.2) is 0 Å². The lowest BCUT2D eigenvalue weighted by molar-refractivity contribution is 0.414. The van der Waals surface area contributed by atoms with Crippen LogP contribution in [0.5, 0.6) is 5.75 Å². The summed E-state index contributed by atoms with van der Waals surface area (Å²) in [7, 11) is 1.68. The van der Waals surface area contributed by atoms with Gasteiger partial charge in [0.2, 0.25) is 0 Å². The molecule has 1 N–H and O–H groups in total. The number of hydrogen-bond donors (Lipinski definition) is 1. The third-order valence-corrected chi connectivity index (χ3v) is 2.99. The van der Waals surface area contributed by atoms with Crippen LogP contribution in [0.3, 0.4) is 0 Å². The molecule has 0 aliphatic carbocycles. The van der Waals surface area contributed by atoms with Gasteiger partial charge in [-0.05, 0) is 49.2 Å². The molecule has 3 nitrogen and oxygen atoms in total. The van der Waals surface area contributed by atoms with E-state index in [0.29, 0.717) is 0 Å². The monoisotopic (exact) mass is 242 g/mol. The summed E-state index contributed by atoms with van der Waals surface area (Å²) in [5.74, 6) is 0.882. The number of aryl methyl sites for hydroxylation is 1. The van der Waals surface area contributed by atoms with Gasteiger partial charge in [-0.15, -0.1) is 0 Å². The lowest BCUT2D eigenvalue weighted by Gasteiger charge is -2.17. The molecule has 2 rings (SSSR count). The second-order valence-electron chi connectivity index (χ2n) is 4.33. The van der Waals surface area contributed by atoms with Gasteiger partial charge < -0.3 is 10.1 Å². The van der Waals surface area contributed by atoms with Gasteiger partial charge in [-0.1, -0.05) is 6.07 Å². The van der Waals surface area contributed by atoms with E-state index >= 15 is 0 Å². The molecule has 3 heteroatoms. The first-order valence-corrected chi connectivity index (χ1v) is 6.02. The van der Waals surface area contributed by atoms with Crippen molar-refractivity contribution in [2.24, 2.45) is 0 Å². The molecule has 1 unspecified atom stereocenters. The Hall–Kier alpha value is -2.03. The van der Waals surface area contributed by atoms with Crippen LogP contribution < -0.4 is 10.1 Å². The number of anilines is 1. The Morgan fingerprint density at radius 3 is 2.72 bits per heavy atom. The molecule has 1 atom stereocenters. The SMILES string of the molecule is COc1ccc(NC(C)c2cccnc2)c(C)c1. The van der Waals surface area contributed by atoms with Gasteiger partial charge in [0.1, 0.15) is 5.75 Å². The zero-order valence-electron chi connectivity index (χ0n) is 11.0. The number of nitrogens with zero attached hydrogens (tertiary/aromatic N) is 1. The van der Waals surface area contributed by atoms with Gasteiger partial charge in [0.05, 0.1) is 13.2 Å². The predicted molar refractivity (Wildman–Crippen MR) is 74.0 cm³/mol. The van der Waals surface area contributed by atoms with Crippen LogP contribution in [-0.4, -0.2) is 12.1 Å². The quantitative estimate of drug-likeness (QED) is 0.890. The van der Waals surface area contributed by atoms with E-state index < -0.39 is 0 Å². The van der Waals surface area contributed by atoms with Gasteiger partial charge in [0.15, 0.2) is 0 Å². The van der Waals surface area contributed by atoms with Crippen molar-refractivity contribution >= 4 is 5.69 Å². The molecule has 1 aromatic carbocycles. The molecular weight excluding hydrogens is 224 g/mol. The minimum atomic E-state index is 0.228. The first kappa shape index (κ1) is 12.4. The number of rotatable bonds is 4. The van der Waals surface area contributed by atoms with Gasteiger partial charge in [0.25, 0.3) is 0 Å². The highest BCUT2D eigenvalue weighted by Gasteiger charge is 2.07. The van der Waals surface area contributed by atoms with Gasteiger partial charge in [-0.2, -0.15) is 0 Å². The van der Waals surface area contributed by atoms with Crippen LogP contribution in [0.4, 0.5) is 5.69 Å². The molecule has 0 bridgehead atoms. The van der Waals surface area contributed by atoms with Crippen LogP contribution in [0, 0.1) is 6.92 Å². The third kappa shape index (κ3) is 2.80. The maximum absolute atomic E-state index is 5.20. The van der Waals surface area contributed by atoms with E-state index in [1.54, 1.807) is 13.3 Å². The number of pyridine rings is 1. The Bertz CT molecular complexity index is 511. The number of hydrogen-bond acceptors (Lipinski definition) is 3. The molecule has 0 spiro atoms. The molecule has 0 saturated heterocycles. The number of ether oxygens (including phenoxy) is 1. The standard InChI is InChI=1S/C15H18N2O/c1-11-9-14(18-3)6-7-15(11)17-12(2)13-5-4-8-16-10-13/h4-10,12,17H,1-3H3. The molecule has 0 fully saturated rings. The smallest absolute Gasteiger partial charge is 0.119 e. The summed E-state index contributed by atoms with van der Waals surface area (Å²) >= 11 is 0.